The first-order chi connectivity index (χ1) is 14.1. The van der Waals surface area contributed by atoms with Crippen LogP contribution < -0.4 is 0 Å². The number of hydrogen-bond acceptors (Lipinski definition) is 3. The minimum Gasteiger partial charge on any atom is -0.342 e. The Kier molecular flexibility index (Phi) is 6.91. The molecule has 0 spiro atoms. The lowest BCUT2D eigenvalue weighted by Crippen LogP contribution is -2.50. The normalized spacial score (nSPS) is 22.7. The van der Waals surface area contributed by atoms with Crippen molar-refractivity contribution in [1.82, 2.24) is 14.7 Å². The summed E-state index contributed by atoms with van der Waals surface area (Å²) in [5.74, 6) is 0.761. The molecule has 3 fully saturated rings. The minimum absolute atomic E-state index is 0.135. The molecular weight excluding hydrogens is 430 g/mol. The molecule has 0 N–H and O–H groups in total. The highest BCUT2D eigenvalue weighted by molar-refractivity contribution is 9.10. The van der Waals surface area contributed by atoms with Crippen LogP contribution in [0.3, 0.4) is 0 Å². The summed E-state index contributed by atoms with van der Waals surface area (Å²) in [5.41, 5.74) is 0.759. The van der Waals surface area contributed by atoms with Crippen LogP contribution in [0.4, 0.5) is 0 Å². The van der Waals surface area contributed by atoms with E-state index in [9.17, 15) is 9.59 Å². The molecule has 158 valence electrons. The molecule has 2 amide bonds. The highest BCUT2D eigenvalue weighted by atomic mass is 79.9. The van der Waals surface area contributed by atoms with Crippen molar-refractivity contribution in [3.8, 4) is 0 Å². The number of halogens is 1. The molecule has 0 saturated carbocycles. The molecule has 4 rings (SSSR count). The maximum atomic E-state index is 12.8. The molecule has 3 aliphatic rings. The third-order valence-corrected chi connectivity index (χ3v) is 7.38. The number of hydrogen-bond donors (Lipinski definition) is 0. The van der Waals surface area contributed by atoms with Gasteiger partial charge in [0.15, 0.2) is 0 Å². The van der Waals surface area contributed by atoms with Crippen LogP contribution >= 0.6 is 15.9 Å². The van der Waals surface area contributed by atoms with Crippen LogP contribution in [0.15, 0.2) is 28.7 Å². The Morgan fingerprint density at radius 2 is 1.52 bits per heavy atom. The summed E-state index contributed by atoms with van der Waals surface area (Å²) >= 11 is 3.45. The molecule has 0 atom stereocenters. The Bertz CT molecular complexity index is 719. The summed E-state index contributed by atoms with van der Waals surface area (Å²) in [4.78, 5) is 32.2. The number of carbonyl (C=O) groups excluding carboxylic acids is 2. The lowest BCUT2D eigenvalue weighted by Gasteiger charge is -2.42. The molecule has 6 heteroatoms. The van der Waals surface area contributed by atoms with Crippen molar-refractivity contribution in [2.24, 2.45) is 5.92 Å². The van der Waals surface area contributed by atoms with Gasteiger partial charge in [-0.3, -0.25) is 9.59 Å². The molecule has 3 saturated heterocycles. The van der Waals surface area contributed by atoms with Gasteiger partial charge >= 0.3 is 0 Å². The van der Waals surface area contributed by atoms with Gasteiger partial charge in [0.05, 0.1) is 0 Å². The Balaban J connectivity index is 1.24. The lowest BCUT2D eigenvalue weighted by atomic mass is 9.91. The van der Waals surface area contributed by atoms with Gasteiger partial charge in [0.2, 0.25) is 5.91 Å². The number of amides is 2. The van der Waals surface area contributed by atoms with E-state index >= 15 is 0 Å². The summed E-state index contributed by atoms with van der Waals surface area (Å²) in [6, 6.07) is 8.21. The van der Waals surface area contributed by atoms with E-state index < -0.39 is 0 Å². The minimum atomic E-state index is 0.135. The Morgan fingerprint density at radius 1 is 0.828 bits per heavy atom. The monoisotopic (exact) mass is 461 g/mol. The van der Waals surface area contributed by atoms with E-state index in [0.717, 1.165) is 75.0 Å². The first-order valence-corrected chi connectivity index (χ1v) is 12.0. The van der Waals surface area contributed by atoms with E-state index in [1.807, 2.05) is 29.2 Å². The predicted octanol–water partition coefficient (Wildman–Crippen LogP) is 3.78. The van der Waals surface area contributed by atoms with Gasteiger partial charge in [-0.2, -0.15) is 0 Å². The summed E-state index contributed by atoms with van der Waals surface area (Å²) in [6.45, 7) is 5.61. The van der Waals surface area contributed by atoms with Crippen molar-refractivity contribution in [3.63, 3.8) is 0 Å². The fraction of sp³-hybridized carbons (Fsp3) is 0.652. The zero-order chi connectivity index (χ0) is 20.2. The molecule has 0 radical (unpaired) electrons. The van der Waals surface area contributed by atoms with Crippen molar-refractivity contribution in [2.75, 3.05) is 39.3 Å². The third kappa shape index (κ3) is 5.02. The van der Waals surface area contributed by atoms with Crippen molar-refractivity contribution in [1.29, 1.82) is 0 Å². The molecule has 0 aromatic heterocycles. The van der Waals surface area contributed by atoms with E-state index in [-0.39, 0.29) is 11.8 Å². The molecule has 29 heavy (non-hydrogen) atoms. The van der Waals surface area contributed by atoms with E-state index in [1.165, 1.54) is 19.3 Å². The van der Waals surface area contributed by atoms with E-state index in [4.69, 9.17) is 0 Å². The maximum absolute atomic E-state index is 12.8. The van der Waals surface area contributed by atoms with Crippen LogP contribution in [0.2, 0.25) is 0 Å². The first-order valence-electron chi connectivity index (χ1n) is 11.2. The smallest absolute Gasteiger partial charge is 0.253 e. The van der Waals surface area contributed by atoms with Crippen molar-refractivity contribution in [3.05, 3.63) is 34.3 Å². The predicted molar refractivity (Wildman–Crippen MR) is 118 cm³/mol. The quantitative estimate of drug-likeness (QED) is 0.687. The molecular formula is C23H32BrN3O2. The Morgan fingerprint density at radius 3 is 2.17 bits per heavy atom. The van der Waals surface area contributed by atoms with Gasteiger partial charge in [-0.05, 0) is 76.2 Å². The summed E-state index contributed by atoms with van der Waals surface area (Å²) in [5, 5.41) is 0. The van der Waals surface area contributed by atoms with E-state index in [1.54, 1.807) is 0 Å². The van der Waals surface area contributed by atoms with Crippen LogP contribution in [0, 0.1) is 5.92 Å². The molecule has 0 aliphatic carbocycles. The molecule has 1 aromatic carbocycles. The molecule has 0 unspecified atom stereocenters. The number of piperidine rings is 3. The van der Waals surface area contributed by atoms with Crippen LogP contribution in [0.25, 0.3) is 0 Å². The molecule has 0 bridgehead atoms. The Labute approximate surface area is 182 Å². The van der Waals surface area contributed by atoms with E-state index in [2.05, 4.69) is 25.7 Å². The SMILES string of the molecule is O=C(c1cccc(Br)c1)N1CCC(N2CCC(C(=O)N3CCCCC3)CC2)CC1. The van der Waals surface area contributed by atoms with Gasteiger partial charge < -0.3 is 14.7 Å². The highest BCUT2D eigenvalue weighted by Crippen LogP contribution is 2.27. The zero-order valence-electron chi connectivity index (χ0n) is 17.2. The second kappa shape index (κ2) is 9.61. The van der Waals surface area contributed by atoms with Gasteiger partial charge in [-0.15, -0.1) is 0 Å². The maximum Gasteiger partial charge on any atom is 0.253 e. The van der Waals surface area contributed by atoms with Crippen molar-refractivity contribution in [2.45, 2.75) is 51.0 Å². The van der Waals surface area contributed by atoms with Gasteiger partial charge in [0, 0.05) is 48.2 Å². The fourth-order valence-electron chi connectivity index (χ4n) is 5.12. The summed E-state index contributed by atoms with van der Waals surface area (Å²) in [6.07, 6.45) is 7.66. The van der Waals surface area contributed by atoms with Gasteiger partial charge in [-0.1, -0.05) is 22.0 Å². The largest absolute Gasteiger partial charge is 0.342 e. The second-order valence-electron chi connectivity index (χ2n) is 8.73. The van der Waals surface area contributed by atoms with Gasteiger partial charge in [0.25, 0.3) is 5.91 Å². The number of nitrogens with zero attached hydrogens (tertiary/aromatic N) is 3. The van der Waals surface area contributed by atoms with Crippen molar-refractivity contribution >= 4 is 27.7 Å². The first kappa shape index (κ1) is 20.9. The molecule has 3 heterocycles. The van der Waals surface area contributed by atoms with Crippen molar-refractivity contribution < 1.29 is 9.59 Å². The number of carbonyl (C=O) groups is 2. The van der Waals surface area contributed by atoms with Crippen LogP contribution in [-0.2, 0) is 4.79 Å². The molecule has 1 aromatic rings. The van der Waals surface area contributed by atoms with Crippen LogP contribution in [0.5, 0.6) is 0 Å². The highest BCUT2D eigenvalue weighted by Gasteiger charge is 2.33. The fourth-order valence-corrected chi connectivity index (χ4v) is 5.52. The second-order valence-corrected chi connectivity index (χ2v) is 9.65. The molecule has 3 aliphatic heterocycles. The van der Waals surface area contributed by atoms with Crippen LogP contribution in [0.1, 0.15) is 55.3 Å². The standard InChI is InChI=1S/C23H32BrN3O2/c24-20-6-4-5-19(17-20)23(29)27-15-9-21(10-16-27)25-13-7-18(8-14-25)22(28)26-11-2-1-3-12-26/h4-6,17-18,21H,1-3,7-16H2. The number of benzene rings is 1. The summed E-state index contributed by atoms with van der Waals surface area (Å²) in [7, 11) is 0. The number of rotatable bonds is 3. The van der Waals surface area contributed by atoms with Gasteiger partial charge in [-0.25, -0.2) is 0 Å². The van der Waals surface area contributed by atoms with Crippen LogP contribution in [-0.4, -0.2) is 71.8 Å². The van der Waals surface area contributed by atoms with E-state index in [0.29, 0.717) is 11.9 Å². The average Bonchev–Trinajstić information content (AvgIpc) is 2.79. The third-order valence-electron chi connectivity index (χ3n) is 6.89. The van der Waals surface area contributed by atoms with Gasteiger partial charge in [0.1, 0.15) is 0 Å². The topological polar surface area (TPSA) is 43.9 Å². The molecule has 5 nitrogen and oxygen atoms in total. The summed E-state index contributed by atoms with van der Waals surface area (Å²) < 4.78 is 0.945. The lowest BCUT2D eigenvalue weighted by molar-refractivity contribution is -0.138. The Hall–Kier alpha value is -1.40. The zero-order valence-corrected chi connectivity index (χ0v) is 18.8. The number of likely N-dealkylation sites (tertiary alicyclic amines) is 3. The average molecular weight is 462 g/mol.